The van der Waals surface area contributed by atoms with Crippen molar-refractivity contribution in [2.75, 3.05) is 26.9 Å². The van der Waals surface area contributed by atoms with E-state index in [0.29, 0.717) is 31.9 Å². The normalized spacial score (nSPS) is 18.0. The van der Waals surface area contributed by atoms with Gasteiger partial charge < -0.3 is 18.5 Å². The highest BCUT2D eigenvalue weighted by Gasteiger charge is 2.33. The maximum atomic E-state index is 11.9. The summed E-state index contributed by atoms with van der Waals surface area (Å²) in [5.74, 6) is -0.379. The van der Waals surface area contributed by atoms with Crippen molar-refractivity contribution in [3.63, 3.8) is 0 Å². The smallest absolute Gasteiger partial charge is 0.408 e. The molecule has 1 aliphatic heterocycles. The molecule has 1 aromatic heterocycles. The first kappa shape index (κ1) is 15.3. The van der Waals surface area contributed by atoms with Crippen LogP contribution in [-0.4, -0.2) is 38.6 Å². The molecular formula is C15H20BNO5. The van der Waals surface area contributed by atoms with Crippen LogP contribution >= 0.6 is 0 Å². The van der Waals surface area contributed by atoms with Gasteiger partial charge in [0.1, 0.15) is 0 Å². The number of benzene rings is 1. The lowest BCUT2D eigenvalue weighted by atomic mass is 9.76. The molecule has 1 aliphatic rings. The molecule has 0 atom stereocenters. The van der Waals surface area contributed by atoms with E-state index in [1.54, 1.807) is 17.7 Å². The Kier molecular flexibility index (Phi) is 4.12. The first-order chi connectivity index (χ1) is 10.5. The first-order valence-electron chi connectivity index (χ1n) is 7.36. The van der Waals surface area contributed by atoms with Crippen LogP contribution in [0.25, 0.3) is 11.1 Å². The molecular weight excluding hydrogens is 285 g/mol. The number of nitrogens with zero attached hydrogens (tertiary/aromatic N) is 1. The summed E-state index contributed by atoms with van der Waals surface area (Å²) < 4.78 is 23.4. The van der Waals surface area contributed by atoms with E-state index < -0.39 is 7.12 Å². The number of ether oxygens (including phenoxy) is 1. The molecule has 0 N–H and O–H groups in total. The summed E-state index contributed by atoms with van der Waals surface area (Å²) in [5, 5.41) is 0. The van der Waals surface area contributed by atoms with Gasteiger partial charge in [0.2, 0.25) is 0 Å². The fourth-order valence-corrected chi connectivity index (χ4v) is 2.50. The van der Waals surface area contributed by atoms with E-state index in [2.05, 4.69) is 13.8 Å². The van der Waals surface area contributed by atoms with E-state index in [4.69, 9.17) is 18.5 Å². The van der Waals surface area contributed by atoms with Gasteiger partial charge >= 0.3 is 12.9 Å². The first-order valence-corrected chi connectivity index (χ1v) is 7.36. The molecule has 1 fully saturated rings. The molecule has 118 valence electrons. The van der Waals surface area contributed by atoms with Crippen LogP contribution < -0.4 is 11.2 Å². The fourth-order valence-electron chi connectivity index (χ4n) is 2.50. The molecule has 2 aromatic rings. The Balaban J connectivity index is 1.90. The standard InChI is InChI=1S/C15H20BNO5/c1-15(2)9-20-16(21-10-15)11-4-5-13-12(8-11)17(6-7-19-3)14(18)22-13/h4-5,8H,6-7,9-10H2,1-3H3. The Labute approximate surface area is 129 Å². The molecule has 0 spiro atoms. The number of hydrogen-bond donors (Lipinski definition) is 0. The van der Waals surface area contributed by atoms with Crippen molar-refractivity contribution in [1.29, 1.82) is 0 Å². The van der Waals surface area contributed by atoms with E-state index in [1.165, 1.54) is 0 Å². The average molecular weight is 305 g/mol. The predicted molar refractivity (Wildman–Crippen MR) is 83.4 cm³/mol. The number of fused-ring (bicyclic) bond motifs is 1. The summed E-state index contributed by atoms with van der Waals surface area (Å²) in [7, 11) is 1.20. The molecule has 0 amide bonds. The SMILES string of the molecule is COCCn1c(=O)oc2ccc(B3OCC(C)(C)CO3)cc21. The number of rotatable bonds is 4. The number of oxazole rings is 1. The Morgan fingerprint density at radius 3 is 2.73 bits per heavy atom. The number of hydrogen-bond acceptors (Lipinski definition) is 5. The highest BCUT2D eigenvalue weighted by atomic mass is 16.6. The zero-order valence-corrected chi connectivity index (χ0v) is 13.1. The van der Waals surface area contributed by atoms with Crippen LogP contribution in [0.4, 0.5) is 0 Å². The van der Waals surface area contributed by atoms with Crippen molar-refractivity contribution in [3.8, 4) is 0 Å². The van der Waals surface area contributed by atoms with Crippen molar-refractivity contribution < 1.29 is 18.5 Å². The molecule has 7 heteroatoms. The third-order valence-electron chi connectivity index (χ3n) is 3.73. The Hall–Kier alpha value is -1.57. The minimum Gasteiger partial charge on any atom is -0.408 e. The molecule has 1 aromatic carbocycles. The van der Waals surface area contributed by atoms with Crippen molar-refractivity contribution in [1.82, 2.24) is 4.57 Å². The van der Waals surface area contributed by atoms with Gasteiger partial charge in [-0.3, -0.25) is 4.57 Å². The van der Waals surface area contributed by atoms with Crippen molar-refractivity contribution in [2.24, 2.45) is 5.41 Å². The van der Waals surface area contributed by atoms with Crippen LogP contribution in [-0.2, 0) is 20.6 Å². The van der Waals surface area contributed by atoms with Crippen LogP contribution in [0.15, 0.2) is 27.4 Å². The third-order valence-corrected chi connectivity index (χ3v) is 3.73. The molecule has 22 heavy (non-hydrogen) atoms. The third kappa shape index (κ3) is 2.97. The highest BCUT2D eigenvalue weighted by molar-refractivity contribution is 6.61. The minimum atomic E-state index is -0.404. The lowest BCUT2D eigenvalue weighted by Gasteiger charge is -2.33. The van der Waals surface area contributed by atoms with E-state index in [0.717, 1.165) is 11.0 Å². The molecule has 0 bridgehead atoms. The second-order valence-electron chi connectivity index (χ2n) is 6.36. The fraction of sp³-hybridized carbons (Fsp3) is 0.533. The molecule has 6 nitrogen and oxygen atoms in total. The zero-order valence-electron chi connectivity index (χ0n) is 13.1. The van der Waals surface area contributed by atoms with Crippen LogP contribution in [0, 0.1) is 5.41 Å². The van der Waals surface area contributed by atoms with E-state index in [9.17, 15) is 4.79 Å². The van der Waals surface area contributed by atoms with Gasteiger partial charge in [0.05, 0.1) is 18.7 Å². The van der Waals surface area contributed by atoms with Gasteiger partial charge in [-0.1, -0.05) is 19.9 Å². The van der Waals surface area contributed by atoms with Crippen LogP contribution in [0.2, 0.25) is 0 Å². The lowest BCUT2D eigenvalue weighted by molar-refractivity contribution is 0.0343. The summed E-state index contributed by atoms with van der Waals surface area (Å²) >= 11 is 0. The van der Waals surface area contributed by atoms with Gasteiger partial charge in [-0.15, -0.1) is 0 Å². The van der Waals surface area contributed by atoms with Gasteiger partial charge in [-0.05, 0) is 17.6 Å². The van der Waals surface area contributed by atoms with Crippen LogP contribution in [0.1, 0.15) is 13.8 Å². The van der Waals surface area contributed by atoms with E-state index >= 15 is 0 Å². The maximum absolute atomic E-state index is 11.9. The molecule has 0 unspecified atom stereocenters. The van der Waals surface area contributed by atoms with Gasteiger partial charge in [0.25, 0.3) is 0 Å². The van der Waals surface area contributed by atoms with Gasteiger partial charge in [-0.25, -0.2) is 4.79 Å². The average Bonchev–Trinajstić information content (AvgIpc) is 2.80. The van der Waals surface area contributed by atoms with Crippen LogP contribution in [0.3, 0.4) is 0 Å². The Morgan fingerprint density at radius 1 is 1.32 bits per heavy atom. The van der Waals surface area contributed by atoms with Crippen molar-refractivity contribution in [3.05, 3.63) is 28.7 Å². The summed E-state index contributed by atoms with van der Waals surface area (Å²) in [6.07, 6.45) is 0. The van der Waals surface area contributed by atoms with Crippen molar-refractivity contribution >= 4 is 23.7 Å². The lowest BCUT2D eigenvalue weighted by Crippen LogP contribution is -2.47. The molecule has 2 heterocycles. The molecule has 0 saturated carbocycles. The monoisotopic (exact) mass is 305 g/mol. The second-order valence-corrected chi connectivity index (χ2v) is 6.36. The molecule has 0 aliphatic carbocycles. The van der Waals surface area contributed by atoms with Gasteiger partial charge in [-0.2, -0.15) is 0 Å². The summed E-state index contributed by atoms with van der Waals surface area (Å²) in [5.41, 5.74) is 2.20. The predicted octanol–water partition coefficient (Wildman–Crippen LogP) is 1.01. The summed E-state index contributed by atoms with van der Waals surface area (Å²) in [6, 6.07) is 5.54. The van der Waals surface area contributed by atoms with E-state index in [-0.39, 0.29) is 11.2 Å². The van der Waals surface area contributed by atoms with E-state index in [1.807, 2.05) is 12.1 Å². The Bertz CT molecular complexity index is 710. The second kappa shape index (κ2) is 5.91. The summed E-state index contributed by atoms with van der Waals surface area (Å²) in [4.78, 5) is 11.9. The summed E-state index contributed by atoms with van der Waals surface area (Å²) in [6.45, 7) is 6.37. The zero-order chi connectivity index (χ0) is 15.7. The molecule has 3 rings (SSSR count). The van der Waals surface area contributed by atoms with Gasteiger partial charge in [0, 0.05) is 25.7 Å². The highest BCUT2D eigenvalue weighted by Crippen LogP contribution is 2.22. The van der Waals surface area contributed by atoms with Crippen LogP contribution in [0.5, 0.6) is 0 Å². The van der Waals surface area contributed by atoms with Gasteiger partial charge in [0.15, 0.2) is 5.58 Å². The number of aromatic nitrogens is 1. The molecule has 0 radical (unpaired) electrons. The Morgan fingerprint density at radius 2 is 2.05 bits per heavy atom. The number of methoxy groups -OCH3 is 1. The molecule has 1 saturated heterocycles. The largest absolute Gasteiger partial charge is 0.493 e. The topological polar surface area (TPSA) is 62.8 Å². The minimum absolute atomic E-state index is 0.0246. The maximum Gasteiger partial charge on any atom is 0.493 e. The quantitative estimate of drug-likeness (QED) is 0.789. The van der Waals surface area contributed by atoms with Crippen molar-refractivity contribution in [2.45, 2.75) is 20.4 Å².